The van der Waals surface area contributed by atoms with Crippen LogP contribution in [0.1, 0.15) is 62.5 Å². The van der Waals surface area contributed by atoms with Gasteiger partial charge in [0.1, 0.15) is 12.2 Å². The second kappa shape index (κ2) is 13.1. The second-order valence-electron chi connectivity index (χ2n) is 12.3. The molecule has 2 aromatic rings. The Balaban J connectivity index is 0.000000169. The fourth-order valence-electron chi connectivity index (χ4n) is 7.13. The monoisotopic (exact) mass is 576 g/mol. The zero-order valence-electron chi connectivity index (χ0n) is 24.7. The molecule has 2 N–H and O–H groups in total. The van der Waals surface area contributed by atoms with Crippen LogP contribution >= 0.6 is 0 Å². The van der Waals surface area contributed by atoms with Gasteiger partial charge in [0.15, 0.2) is 0 Å². The van der Waals surface area contributed by atoms with Gasteiger partial charge >= 0.3 is 11.9 Å². The maximum Gasteiger partial charge on any atom is 0.345 e. The SMILES string of the molecule is C=C(C(=O)OC1CC2CCC(C1)N2C)c1ccccc1.CN1C2CCC1CC(OC(=O)C(O)(CO)c1ccccc1)C2. The molecule has 0 spiro atoms. The second-order valence-corrected chi connectivity index (χ2v) is 12.3. The van der Waals surface area contributed by atoms with E-state index in [4.69, 9.17) is 9.47 Å². The van der Waals surface area contributed by atoms with Crippen molar-refractivity contribution < 1.29 is 29.3 Å². The van der Waals surface area contributed by atoms with Crippen molar-refractivity contribution in [1.29, 1.82) is 0 Å². The third kappa shape index (κ3) is 6.47. The summed E-state index contributed by atoms with van der Waals surface area (Å²) in [5, 5.41) is 20.1. The number of aliphatic hydroxyl groups is 2. The Kier molecular flexibility index (Phi) is 9.47. The van der Waals surface area contributed by atoms with Crippen LogP contribution in [0.3, 0.4) is 0 Å². The van der Waals surface area contributed by atoms with Crippen molar-refractivity contribution in [2.24, 2.45) is 0 Å². The van der Waals surface area contributed by atoms with Gasteiger partial charge in [-0.25, -0.2) is 9.59 Å². The molecular weight excluding hydrogens is 532 g/mol. The molecule has 0 aromatic heterocycles. The van der Waals surface area contributed by atoms with Crippen molar-refractivity contribution >= 4 is 17.5 Å². The Morgan fingerprint density at radius 3 is 1.67 bits per heavy atom. The zero-order valence-corrected chi connectivity index (χ0v) is 24.7. The van der Waals surface area contributed by atoms with Crippen LogP contribution in [0, 0.1) is 0 Å². The van der Waals surface area contributed by atoms with E-state index in [0.29, 0.717) is 35.3 Å². The van der Waals surface area contributed by atoms with Crippen LogP contribution in [0.15, 0.2) is 67.2 Å². The first-order valence-electron chi connectivity index (χ1n) is 15.2. The molecule has 42 heavy (non-hydrogen) atoms. The molecule has 4 aliphatic rings. The maximum atomic E-state index is 12.4. The molecule has 4 aliphatic heterocycles. The van der Waals surface area contributed by atoms with Crippen molar-refractivity contribution in [2.45, 2.75) is 93.3 Å². The van der Waals surface area contributed by atoms with E-state index in [2.05, 4.69) is 30.5 Å². The lowest BCUT2D eigenvalue weighted by molar-refractivity contribution is -0.180. The molecule has 6 rings (SSSR count). The first-order valence-corrected chi connectivity index (χ1v) is 15.2. The molecule has 0 radical (unpaired) electrons. The Morgan fingerprint density at radius 1 is 0.786 bits per heavy atom. The largest absolute Gasteiger partial charge is 0.460 e. The average molecular weight is 577 g/mol. The number of esters is 2. The minimum absolute atomic E-state index is 0.0525. The summed E-state index contributed by atoms with van der Waals surface area (Å²) in [6, 6.07) is 20.1. The summed E-state index contributed by atoms with van der Waals surface area (Å²) in [6.45, 7) is 3.19. The molecule has 0 amide bonds. The molecule has 5 unspecified atom stereocenters. The van der Waals surface area contributed by atoms with Crippen LogP contribution in [0.5, 0.6) is 0 Å². The minimum Gasteiger partial charge on any atom is -0.460 e. The van der Waals surface area contributed by atoms with Gasteiger partial charge in [-0.1, -0.05) is 67.2 Å². The van der Waals surface area contributed by atoms with Gasteiger partial charge in [0.2, 0.25) is 5.60 Å². The predicted molar refractivity (Wildman–Crippen MR) is 160 cm³/mol. The molecule has 4 heterocycles. The van der Waals surface area contributed by atoms with Crippen LogP contribution < -0.4 is 0 Å². The topological polar surface area (TPSA) is 99.5 Å². The standard InChI is InChI=1S/C17H23NO4.C17H21NO2/c1-18-13-7-8-14(18)10-15(9-13)22-16(20)17(21,11-19)12-5-3-2-4-6-12;1-12(13-6-4-3-5-7-13)17(19)20-16-10-14-8-9-15(11-16)18(14)2/h2-6,13-15,19,21H,7-11H2,1H3;3-7,14-16H,1,8-11H2,2H3. The number of rotatable bonds is 7. The van der Waals surface area contributed by atoms with Crippen molar-refractivity contribution in [3.63, 3.8) is 0 Å². The van der Waals surface area contributed by atoms with Crippen LogP contribution in [0.25, 0.3) is 5.57 Å². The normalized spacial score (nSPS) is 30.0. The molecule has 8 nitrogen and oxygen atoms in total. The Morgan fingerprint density at radius 2 is 1.21 bits per heavy atom. The highest BCUT2D eigenvalue weighted by atomic mass is 16.6. The fraction of sp³-hybridized carbons (Fsp3) is 0.529. The lowest BCUT2D eigenvalue weighted by Crippen LogP contribution is -2.47. The van der Waals surface area contributed by atoms with E-state index < -0.39 is 18.2 Å². The number of hydrogen-bond acceptors (Lipinski definition) is 8. The van der Waals surface area contributed by atoms with Crippen molar-refractivity contribution in [2.75, 3.05) is 20.7 Å². The minimum atomic E-state index is -1.98. The first-order chi connectivity index (χ1) is 20.2. The maximum absolute atomic E-state index is 12.4. The molecule has 2 aromatic carbocycles. The van der Waals surface area contributed by atoms with Gasteiger partial charge in [0, 0.05) is 37.0 Å². The third-order valence-corrected chi connectivity index (χ3v) is 9.84. The van der Waals surface area contributed by atoms with Crippen LogP contribution in [0.4, 0.5) is 0 Å². The smallest absolute Gasteiger partial charge is 0.345 e. The number of piperidine rings is 2. The lowest BCUT2D eigenvalue weighted by atomic mass is 9.94. The first kappa shape index (κ1) is 30.4. The number of carbonyl (C=O) groups is 2. The van der Waals surface area contributed by atoms with Gasteiger partial charge in [-0.2, -0.15) is 0 Å². The summed E-state index contributed by atoms with van der Waals surface area (Å²) >= 11 is 0. The average Bonchev–Trinajstić information content (AvgIpc) is 3.33. The number of benzene rings is 2. The summed E-state index contributed by atoms with van der Waals surface area (Å²) in [4.78, 5) is 29.4. The molecule has 4 fully saturated rings. The Labute approximate surface area is 248 Å². The number of aliphatic hydroxyl groups excluding tert-OH is 1. The van der Waals surface area contributed by atoms with Crippen molar-refractivity contribution in [1.82, 2.24) is 9.80 Å². The third-order valence-electron chi connectivity index (χ3n) is 9.84. The molecule has 226 valence electrons. The van der Waals surface area contributed by atoms with Crippen LogP contribution in [-0.2, 0) is 24.7 Å². The zero-order chi connectivity index (χ0) is 29.9. The van der Waals surface area contributed by atoms with Crippen LogP contribution in [0.2, 0.25) is 0 Å². The van der Waals surface area contributed by atoms with E-state index in [9.17, 15) is 19.8 Å². The number of hydrogen-bond donors (Lipinski definition) is 2. The van der Waals surface area contributed by atoms with E-state index in [1.807, 2.05) is 30.3 Å². The number of fused-ring (bicyclic) bond motifs is 4. The predicted octanol–water partition coefficient (Wildman–Crippen LogP) is 3.90. The summed E-state index contributed by atoms with van der Waals surface area (Å²) < 4.78 is 11.2. The quantitative estimate of drug-likeness (QED) is 0.378. The van der Waals surface area contributed by atoms with Gasteiger partial charge in [-0.05, 0) is 63.7 Å². The highest BCUT2D eigenvalue weighted by molar-refractivity contribution is 6.15. The summed E-state index contributed by atoms with van der Waals surface area (Å²) in [5.41, 5.74) is -0.326. The van der Waals surface area contributed by atoms with E-state index >= 15 is 0 Å². The van der Waals surface area contributed by atoms with Gasteiger partial charge < -0.3 is 29.5 Å². The molecule has 5 atom stereocenters. The van der Waals surface area contributed by atoms with Crippen molar-refractivity contribution in [3.05, 3.63) is 78.4 Å². The molecular formula is C34H44N2O6. The number of nitrogens with zero attached hydrogens (tertiary/aromatic N) is 2. The molecule has 0 saturated carbocycles. The Bertz CT molecular complexity index is 1210. The van der Waals surface area contributed by atoms with Gasteiger partial charge in [0.25, 0.3) is 0 Å². The highest BCUT2D eigenvalue weighted by Gasteiger charge is 2.44. The number of ether oxygens (including phenoxy) is 2. The van der Waals surface area contributed by atoms with Crippen LogP contribution in [-0.4, -0.2) is 89.0 Å². The van der Waals surface area contributed by atoms with Crippen molar-refractivity contribution in [3.8, 4) is 0 Å². The van der Waals surface area contributed by atoms with E-state index in [1.165, 1.54) is 12.8 Å². The summed E-state index contributed by atoms with van der Waals surface area (Å²) in [6.07, 6.45) is 8.13. The lowest BCUT2D eigenvalue weighted by Gasteiger charge is -2.37. The number of carbonyl (C=O) groups excluding carboxylic acids is 2. The van der Waals surface area contributed by atoms with E-state index in [1.54, 1.807) is 30.3 Å². The van der Waals surface area contributed by atoms with E-state index in [0.717, 1.165) is 44.1 Å². The van der Waals surface area contributed by atoms with E-state index in [-0.39, 0.29) is 18.2 Å². The van der Waals surface area contributed by atoms with Gasteiger partial charge in [-0.3, -0.25) is 0 Å². The van der Waals surface area contributed by atoms with Gasteiger partial charge in [0.05, 0.1) is 12.2 Å². The molecule has 4 bridgehead atoms. The summed E-state index contributed by atoms with van der Waals surface area (Å²) in [7, 11) is 4.30. The molecule has 0 aliphatic carbocycles. The molecule has 4 saturated heterocycles. The van der Waals surface area contributed by atoms with Gasteiger partial charge in [-0.15, -0.1) is 0 Å². The highest BCUT2D eigenvalue weighted by Crippen LogP contribution is 2.37. The summed E-state index contributed by atoms with van der Waals surface area (Å²) in [5.74, 6) is -1.03. The molecule has 8 heteroatoms. The fourth-order valence-corrected chi connectivity index (χ4v) is 7.13. The Hall–Kier alpha value is -3.04.